The lowest BCUT2D eigenvalue weighted by atomic mass is 9.85. The number of sulfonamides is 4. The Morgan fingerprint density at radius 1 is 0.438 bits per heavy atom. The van der Waals surface area contributed by atoms with Crippen LogP contribution in [-0.4, -0.2) is 174 Å². The Kier molecular flexibility index (Phi) is 31.6. The Morgan fingerprint density at radius 2 is 0.778 bits per heavy atom. The summed E-state index contributed by atoms with van der Waals surface area (Å²) in [6.07, 6.45) is 13.9. The van der Waals surface area contributed by atoms with Gasteiger partial charge in [0.2, 0.25) is 58.5 Å². The molecule has 0 saturated heterocycles. The van der Waals surface area contributed by atoms with Gasteiger partial charge in [-0.2, -0.15) is 28.8 Å². The van der Waals surface area contributed by atoms with Crippen LogP contribution < -0.4 is 42.6 Å². The van der Waals surface area contributed by atoms with Gasteiger partial charge in [0.25, 0.3) is 46.0 Å². The molecule has 42 heteroatoms. The minimum Gasteiger partial charge on any atom is -0.475 e. The number of aromatic nitrogens is 12. The van der Waals surface area contributed by atoms with Crippen LogP contribution in [0.3, 0.4) is 0 Å². The van der Waals surface area contributed by atoms with E-state index >= 15 is 8.78 Å². The smallest absolute Gasteiger partial charge is 0.284 e. The zero-order chi connectivity index (χ0) is 105. The number of nitrogens with one attached hydrogen (secondary N) is 4. The van der Waals surface area contributed by atoms with E-state index in [4.69, 9.17) is 23.7 Å². The molecule has 12 aromatic rings. The molecule has 4 aliphatic rings. The minimum atomic E-state index is -4.48. The van der Waals surface area contributed by atoms with Gasteiger partial charge in [-0.15, -0.1) is 0 Å². The molecule has 5 amide bonds. The van der Waals surface area contributed by atoms with E-state index < -0.39 is 121 Å². The van der Waals surface area contributed by atoms with E-state index in [0.717, 1.165) is 69.6 Å². The SMILES string of the molecule is CC(F)Oc1cc2c(c(C(C)C)c1F)CC(=O)NS(=O)(=O)c1cnn(c1)C(C)(C)COc1cc-2ccn1.CCc1cc2c(c(C(C)C)c1)CC(=O)NS(=O)(=O)c1cnn(c1)C(C)(C)COc1cc-2ccn1.CCc1cc2c(c(C(C)C)c1F)CC(=O)NS(=O)(=O)c1cnn(c1)C(C)(C)COc1cc-2ccn1.Cc1cc2c(c(C(C)C)c1)CC(=O)NS(=O)(=O)c1nn(cc1C(=O)N(C)C)C(C)(C)COc1cc-2ccn1. The molecule has 4 aliphatic heterocycles. The Morgan fingerprint density at radius 3 is 1.13 bits per heavy atom. The molecule has 0 fully saturated rings. The number of ether oxygens (including phenoxy) is 5. The first-order valence-electron chi connectivity index (χ1n) is 46.8. The molecule has 0 saturated carbocycles. The van der Waals surface area contributed by atoms with Crippen molar-refractivity contribution >= 4 is 69.6 Å². The van der Waals surface area contributed by atoms with Gasteiger partial charge in [-0.3, -0.25) is 42.7 Å². The van der Waals surface area contributed by atoms with Gasteiger partial charge in [0, 0.05) is 94.9 Å². The summed E-state index contributed by atoms with van der Waals surface area (Å²) in [4.78, 5) is 83.4. The van der Waals surface area contributed by atoms with Crippen LogP contribution in [0.15, 0.2) is 173 Å². The van der Waals surface area contributed by atoms with E-state index in [-0.39, 0.29) is 112 Å². The summed E-state index contributed by atoms with van der Waals surface area (Å²) in [5, 5.41) is 16.3. The van der Waals surface area contributed by atoms with Crippen molar-refractivity contribution in [1.82, 2.24) is 82.8 Å². The molecule has 12 heterocycles. The van der Waals surface area contributed by atoms with Crippen LogP contribution in [0.25, 0.3) is 44.5 Å². The first-order chi connectivity index (χ1) is 67.4. The molecule has 766 valence electrons. The van der Waals surface area contributed by atoms with Crippen molar-refractivity contribution in [2.24, 2.45) is 0 Å². The van der Waals surface area contributed by atoms with Gasteiger partial charge in [-0.25, -0.2) is 77.2 Å². The fourth-order valence-corrected chi connectivity index (χ4v) is 20.8. The fourth-order valence-electron chi connectivity index (χ4n) is 16.9. The Balaban J connectivity index is 0.000000161. The number of hydrogen-bond acceptors (Lipinski definition) is 26. The van der Waals surface area contributed by atoms with E-state index in [0.29, 0.717) is 68.6 Å². The lowest BCUT2D eigenvalue weighted by Crippen LogP contribution is -2.35. The average molecular weight is 2060 g/mol. The van der Waals surface area contributed by atoms with Gasteiger partial charge in [-0.05, 0) is 235 Å². The second kappa shape index (κ2) is 42.3. The van der Waals surface area contributed by atoms with Crippen molar-refractivity contribution in [3.8, 4) is 73.8 Å². The first-order valence-corrected chi connectivity index (χ1v) is 52.7. The zero-order valence-corrected chi connectivity index (χ0v) is 87.6. The summed E-state index contributed by atoms with van der Waals surface area (Å²) < 4.78 is 193. The largest absolute Gasteiger partial charge is 0.475 e. The van der Waals surface area contributed by atoms with Gasteiger partial charge >= 0.3 is 0 Å². The molecule has 0 radical (unpaired) electrons. The second-order valence-corrected chi connectivity index (χ2v) is 46.3. The van der Waals surface area contributed by atoms with Gasteiger partial charge < -0.3 is 28.6 Å². The highest BCUT2D eigenvalue weighted by molar-refractivity contribution is 7.91. The molecule has 4 N–H and O–H groups in total. The van der Waals surface area contributed by atoms with E-state index in [1.54, 1.807) is 90.5 Å². The molecular weight excluding hydrogens is 1940 g/mol. The van der Waals surface area contributed by atoms with E-state index in [9.17, 15) is 62.0 Å². The molecular formula is C102H120F3N17O18S4. The highest BCUT2D eigenvalue weighted by Gasteiger charge is 2.39. The third-order valence-corrected chi connectivity index (χ3v) is 29.9. The Bertz CT molecular complexity index is 7450. The summed E-state index contributed by atoms with van der Waals surface area (Å²) in [6, 6.07) is 25.3. The molecule has 1 unspecified atom stereocenters. The van der Waals surface area contributed by atoms with Gasteiger partial charge in [0.1, 0.15) is 46.9 Å². The number of amides is 5. The van der Waals surface area contributed by atoms with Crippen LogP contribution in [0, 0.1) is 18.6 Å². The third kappa shape index (κ3) is 24.2. The maximum atomic E-state index is 15.6. The lowest BCUT2D eigenvalue weighted by Gasteiger charge is -2.25. The maximum Gasteiger partial charge on any atom is 0.284 e. The number of carbonyl (C=O) groups excluding carboxylic acids is 5. The molecule has 0 spiro atoms. The van der Waals surface area contributed by atoms with Gasteiger partial charge in [0.15, 0.2) is 11.6 Å². The molecule has 0 aliphatic carbocycles. The maximum absolute atomic E-state index is 15.6. The van der Waals surface area contributed by atoms with Crippen molar-refractivity contribution in [3.05, 3.63) is 231 Å². The third-order valence-electron chi connectivity index (χ3n) is 24.6. The normalized spacial score (nSPS) is 17.1. The highest BCUT2D eigenvalue weighted by Crippen LogP contribution is 2.44. The number of nitrogens with zero attached hydrogens (tertiary/aromatic N) is 13. The highest BCUT2D eigenvalue weighted by atomic mass is 32.2. The van der Waals surface area contributed by atoms with Crippen LogP contribution in [0.2, 0.25) is 0 Å². The number of alkyl halides is 1. The summed E-state index contributed by atoms with van der Waals surface area (Å²) in [5.74, 6) is -4.08. The lowest BCUT2D eigenvalue weighted by molar-refractivity contribution is -0.119. The molecule has 144 heavy (non-hydrogen) atoms. The number of hydrogen-bond donors (Lipinski definition) is 4. The van der Waals surface area contributed by atoms with Crippen molar-refractivity contribution < 1.29 is 94.5 Å². The molecule has 4 aromatic carbocycles. The van der Waals surface area contributed by atoms with Crippen molar-refractivity contribution in [2.45, 2.75) is 249 Å². The van der Waals surface area contributed by atoms with Crippen LogP contribution in [-0.2, 0) is 120 Å². The predicted molar refractivity (Wildman–Crippen MR) is 532 cm³/mol. The molecule has 16 bridgehead atoms. The molecule has 16 rings (SSSR count). The number of rotatable bonds is 9. The number of fused-ring (bicyclic) bond motifs is 24. The number of benzene rings is 4. The monoisotopic (exact) mass is 2060 g/mol. The quantitative estimate of drug-likeness (QED) is 0.104. The molecule has 8 aromatic heterocycles. The van der Waals surface area contributed by atoms with Gasteiger partial charge in [-0.1, -0.05) is 99.1 Å². The summed E-state index contributed by atoms with van der Waals surface area (Å²) >= 11 is 0. The number of carbonyl (C=O) groups is 5. The number of aryl methyl sites for hydroxylation is 3. The summed E-state index contributed by atoms with van der Waals surface area (Å²) in [6.45, 7) is 37.5. The molecule has 35 nitrogen and oxygen atoms in total. The second-order valence-electron chi connectivity index (χ2n) is 39.6. The van der Waals surface area contributed by atoms with Crippen molar-refractivity contribution in [2.75, 3.05) is 40.5 Å². The van der Waals surface area contributed by atoms with Crippen molar-refractivity contribution in [3.63, 3.8) is 0 Å². The number of halogens is 3. The van der Waals surface area contributed by atoms with E-state index in [1.807, 2.05) is 106 Å². The predicted octanol–water partition coefficient (Wildman–Crippen LogP) is 15.1. The summed E-state index contributed by atoms with van der Waals surface area (Å²) in [5.41, 5.74) is 9.69. The molecule has 1 atom stereocenters. The first kappa shape index (κ1) is 108. The number of pyridine rings is 4. The Hall–Kier alpha value is -13.7. The zero-order valence-electron chi connectivity index (χ0n) is 84.3. The van der Waals surface area contributed by atoms with E-state index in [1.165, 1.54) is 87.2 Å². The van der Waals surface area contributed by atoms with Crippen LogP contribution in [0.5, 0.6) is 29.3 Å². The standard InChI is InChI=1S/C27H33N5O5S.C25H28F2N4O5S.C25H29FN4O4S.C25H30N4O4S/c1-16(2)19-10-17(3)11-20-18-8-9-28-24(12-18)37-15-27(4,5)32-14-22(26(34)31(6)7)25(29-32)38(35,36)30-23(33)13-21(19)20;1-14(2)23-19-10-21(32)30-37(33,34)17-11-29-31(12-17)25(4,5)13-35-22-8-16(6-7-28-22)18(19)9-20(24(23)27)36-15(3)26;1-6-16-9-19-17-7-8-27-22(10-17)34-14-25(4,5)30-13-18(12-28-30)35(32,33)29-21(31)11-20(19)23(15(2)3)24(16)26;1-6-17-9-20(16(2)3)22-12-23(30)28-34(31,32)19-13-27-29(14-19)25(4,5)15-33-24-11-18(7-8-26-24)21(22)10-17/h8-12,14,16H,13,15H2,1-7H3,(H,30,33);6-9,11-12,14-15H,10,13H2,1-5H3,(H,30,32);7-10,12-13,15H,6,11,14H2,1-5H3,(H,29,31);7-11,13-14,16H,6,12,15H2,1-5H3,(H,28,30). The minimum absolute atomic E-state index is 0.0758. The fraction of sp³-hybridized carbons (Fsp3) is 0.402. The van der Waals surface area contributed by atoms with Crippen molar-refractivity contribution in [1.29, 1.82) is 0 Å². The topological polar surface area (TPSA) is 442 Å². The van der Waals surface area contributed by atoms with Gasteiger partial charge in [0.05, 0.1) is 72.0 Å². The van der Waals surface area contributed by atoms with Crippen LogP contribution in [0.1, 0.15) is 227 Å². The van der Waals surface area contributed by atoms with E-state index in [2.05, 4.69) is 92.1 Å². The Labute approximate surface area is 836 Å². The average Bonchev–Trinajstić information content (AvgIpc) is 1.61. The summed E-state index contributed by atoms with van der Waals surface area (Å²) in [7, 11) is -14.0. The van der Waals surface area contributed by atoms with Crippen LogP contribution in [0.4, 0.5) is 13.2 Å². The van der Waals surface area contributed by atoms with Crippen LogP contribution >= 0.6 is 0 Å².